The van der Waals surface area contributed by atoms with Crippen molar-refractivity contribution in [1.82, 2.24) is 0 Å². The maximum absolute atomic E-state index is 2.47. The Morgan fingerprint density at radius 3 is 0.697 bits per heavy atom. The number of para-hydroxylation sites is 2. The molecule has 0 unspecified atom stereocenters. The quantitative estimate of drug-likeness (QED) is 0.114. The molecule has 0 spiro atoms. The van der Waals surface area contributed by atoms with Gasteiger partial charge in [-0.15, -0.1) is 0 Å². The molecule has 0 bridgehead atoms. The first-order chi connectivity index (χ1) is 37.6. The summed E-state index contributed by atoms with van der Waals surface area (Å²) < 4.78 is 0. The van der Waals surface area contributed by atoms with E-state index in [2.05, 4.69) is 327 Å². The normalized spacial score (nSPS) is 11.0. The van der Waals surface area contributed by atoms with Crippen molar-refractivity contribution in [2.45, 2.75) is 13.8 Å². The number of rotatable bonds is 13. The largest absolute Gasteiger partial charge is 0.309 e. The van der Waals surface area contributed by atoms with Crippen LogP contribution in [0.3, 0.4) is 0 Å². The van der Waals surface area contributed by atoms with Crippen LogP contribution in [0.1, 0.15) is 11.1 Å². The van der Waals surface area contributed by atoms with Gasteiger partial charge in [0.05, 0.1) is 11.4 Å². The van der Waals surface area contributed by atoms with Crippen molar-refractivity contribution in [3.63, 3.8) is 0 Å². The predicted molar refractivity (Wildman–Crippen MR) is 323 cm³/mol. The van der Waals surface area contributed by atoms with Gasteiger partial charge >= 0.3 is 0 Å². The average Bonchev–Trinajstić information content (AvgIpc) is 3.53. The van der Waals surface area contributed by atoms with E-state index in [9.17, 15) is 0 Å². The molecule has 0 aliphatic heterocycles. The molecule has 12 rings (SSSR count). The fourth-order valence-corrected chi connectivity index (χ4v) is 10.8. The van der Waals surface area contributed by atoms with E-state index in [1.807, 2.05) is 0 Å². The number of benzene rings is 12. The molecule has 12 aromatic rings. The third kappa shape index (κ3) is 9.52. The van der Waals surface area contributed by atoms with Crippen LogP contribution >= 0.6 is 0 Å². The zero-order chi connectivity index (χ0) is 51.2. The number of anilines is 6. The minimum absolute atomic E-state index is 1.08. The summed E-state index contributed by atoms with van der Waals surface area (Å²) in [6, 6.07) is 110. The molecular formula is C74H56N2. The van der Waals surface area contributed by atoms with E-state index in [-0.39, 0.29) is 0 Å². The second-order valence-corrected chi connectivity index (χ2v) is 19.4. The minimum atomic E-state index is 1.08. The van der Waals surface area contributed by atoms with E-state index in [0.717, 1.165) is 101 Å². The van der Waals surface area contributed by atoms with Gasteiger partial charge in [0.2, 0.25) is 0 Å². The lowest BCUT2D eigenvalue weighted by Crippen LogP contribution is -2.14. The number of hydrogen-bond donors (Lipinski definition) is 0. The lowest BCUT2D eigenvalue weighted by molar-refractivity contribution is 1.24. The van der Waals surface area contributed by atoms with Gasteiger partial charge in [0.25, 0.3) is 0 Å². The van der Waals surface area contributed by atoms with Gasteiger partial charge in [-0.25, -0.2) is 0 Å². The Labute approximate surface area is 447 Å². The van der Waals surface area contributed by atoms with Crippen molar-refractivity contribution in [3.05, 3.63) is 314 Å². The molecule has 0 aromatic heterocycles. The van der Waals surface area contributed by atoms with Gasteiger partial charge in [0.1, 0.15) is 0 Å². The summed E-state index contributed by atoms with van der Waals surface area (Å²) in [7, 11) is 0. The number of hydrogen-bond acceptors (Lipinski definition) is 2. The van der Waals surface area contributed by atoms with Crippen LogP contribution in [0.5, 0.6) is 0 Å². The van der Waals surface area contributed by atoms with E-state index >= 15 is 0 Å². The first-order valence-electron chi connectivity index (χ1n) is 26.2. The summed E-state index contributed by atoms with van der Waals surface area (Å²) in [4.78, 5) is 4.95. The van der Waals surface area contributed by atoms with Crippen LogP contribution in [0.15, 0.2) is 303 Å². The average molecular weight is 973 g/mol. The highest BCUT2D eigenvalue weighted by Gasteiger charge is 2.26. The Kier molecular flexibility index (Phi) is 13.3. The number of aryl methyl sites for hydroxylation is 2. The van der Waals surface area contributed by atoms with Crippen LogP contribution in [-0.4, -0.2) is 0 Å². The minimum Gasteiger partial charge on any atom is -0.309 e. The molecule has 0 N–H and O–H groups in total. The van der Waals surface area contributed by atoms with Crippen LogP contribution in [-0.2, 0) is 0 Å². The van der Waals surface area contributed by atoms with E-state index in [1.165, 1.54) is 22.3 Å². The van der Waals surface area contributed by atoms with Gasteiger partial charge < -0.3 is 9.80 Å². The molecule has 12 aromatic carbocycles. The maximum Gasteiger partial charge on any atom is 0.0618 e. The van der Waals surface area contributed by atoms with Crippen molar-refractivity contribution >= 4 is 34.1 Å². The first kappa shape index (κ1) is 47.3. The van der Waals surface area contributed by atoms with Crippen molar-refractivity contribution in [3.8, 4) is 77.9 Å². The summed E-state index contributed by atoms with van der Waals surface area (Å²) in [6.45, 7) is 4.51. The van der Waals surface area contributed by atoms with Crippen LogP contribution in [0.4, 0.5) is 34.1 Å². The molecule has 0 heterocycles. The fraction of sp³-hybridized carbons (Fsp3) is 0.0270. The molecule has 362 valence electrons. The van der Waals surface area contributed by atoms with Gasteiger partial charge in [-0.3, -0.25) is 0 Å². The Balaban J connectivity index is 1.00. The van der Waals surface area contributed by atoms with E-state index in [0.29, 0.717) is 0 Å². The van der Waals surface area contributed by atoms with Gasteiger partial charge in [-0.05, 0) is 129 Å². The Morgan fingerprint density at radius 2 is 0.434 bits per heavy atom. The molecule has 0 saturated heterocycles. The molecule has 2 heteroatoms. The molecular weight excluding hydrogens is 917 g/mol. The van der Waals surface area contributed by atoms with E-state index in [1.54, 1.807) is 0 Å². The van der Waals surface area contributed by atoms with Crippen LogP contribution in [0.2, 0.25) is 0 Å². The topological polar surface area (TPSA) is 6.48 Å². The van der Waals surface area contributed by atoms with Crippen molar-refractivity contribution in [1.29, 1.82) is 0 Å². The number of nitrogens with zero attached hydrogens (tertiary/aromatic N) is 2. The molecule has 0 atom stereocenters. The van der Waals surface area contributed by atoms with E-state index < -0.39 is 0 Å². The Hall–Kier alpha value is -9.76. The second kappa shape index (κ2) is 21.4. The smallest absolute Gasteiger partial charge is 0.0618 e. The summed E-state index contributed by atoms with van der Waals surface area (Å²) in [5, 5.41) is 0. The van der Waals surface area contributed by atoms with Crippen LogP contribution in [0, 0.1) is 13.8 Å². The van der Waals surface area contributed by atoms with Gasteiger partial charge in [0.15, 0.2) is 0 Å². The lowest BCUT2D eigenvalue weighted by atomic mass is 9.92. The van der Waals surface area contributed by atoms with Crippen molar-refractivity contribution in [2.75, 3.05) is 9.80 Å². The summed E-state index contributed by atoms with van der Waals surface area (Å²) in [5.74, 6) is 0. The SMILES string of the molecule is Cc1cc(-c2ccc(N(c3ccc(-c4ccccc4)cc3)c3c(-c4ccccc4)cccc3-c3ccccc3)c(C)c2)ccc1N(c1ccc(-c2ccccc2)cc1)c1c(-c2ccccc2)cccc1-c1ccccc1. The zero-order valence-electron chi connectivity index (χ0n) is 42.8. The van der Waals surface area contributed by atoms with Crippen LogP contribution < -0.4 is 9.80 Å². The van der Waals surface area contributed by atoms with E-state index in [4.69, 9.17) is 0 Å². The van der Waals surface area contributed by atoms with Crippen LogP contribution in [0.25, 0.3) is 77.9 Å². The summed E-state index contributed by atoms with van der Waals surface area (Å²) >= 11 is 0. The van der Waals surface area contributed by atoms with Crippen molar-refractivity contribution in [2.24, 2.45) is 0 Å². The molecule has 0 aliphatic rings. The van der Waals surface area contributed by atoms with Gasteiger partial charge in [0, 0.05) is 45.0 Å². The molecule has 0 amide bonds. The molecule has 2 nitrogen and oxygen atoms in total. The first-order valence-corrected chi connectivity index (χ1v) is 26.2. The highest BCUT2D eigenvalue weighted by molar-refractivity contribution is 6.00. The highest BCUT2D eigenvalue weighted by atomic mass is 15.2. The summed E-state index contributed by atoms with van der Waals surface area (Å²) in [5.41, 5.74) is 25.3. The Morgan fingerprint density at radius 1 is 0.197 bits per heavy atom. The molecule has 0 saturated carbocycles. The van der Waals surface area contributed by atoms with Gasteiger partial charge in [-0.1, -0.05) is 255 Å². The molecule has 0 fully saturated rings. The molecule has 76 heavy (non-hydrogen) atoms. The third-order valence-electron chi connectivity index (χ3n) is 14.5. The highest BCUT2D eigenvalue weighted by Crippen LogP contribution is 2.50. The molecule has 0 radical (unpaired) electrons. The summed E-state index contributed by atoms with van der Waals surface area (Å²) in [6.07, 6.45) is 0. The monoisotopic (exact) mass is 972 g/mol. The predicted octanol–water partition coefficient (Wildman–Crippen LogP) is 20.9. The third-order valence-corrected chi connectivity index (χ3v) is 14.5. The fourth-order valence-electron chi connectivity index (χ4n) is 10.8. The lowest BCUT2D eigenvalue weighted by Gasteiger charge is -2.32. The Bertz CT molecular complexity index is 3520. The maximum atomic E-state index is 2.47. The standard InChI is InChI=1S/C74H56N2/c1-53-51-63(43-49-71(53)75(65-45-39-57(40-46-65)55-23-9-3-10-24-55)73-67(59-27-13-5-14-28-59)35-21-36-68(73)60-29-15-6-16-30-60)64-44-50-72(54(2)52-64)76(66-47-41-58(42-48-66)56-25-11-4-12-26-56)74-69(61-31-17-7-18-32-61)37-22-38-70(74)62-33-19-8-20-34-62/h3-52H,1-2H3. The second-order valence-electron chi connectivity index (χ2n) is 19.4. The molecule has 0 aliphatic carbocycles. The van der Waals surface area contributed by atoms with Crippen molar-refractivity contribution < 1.29 is 0 Å². The zero-order valence-corrected chi connectivity index (χ0v) is 42.8. The van der Waals surface area contributed by atoms with Gasteiger partial charge in [-0.2, -0.15) is 0 Å².